The van der Waals surface area contributed by atoms with Crippen LogP contribution in [0.15, 0.2) is 30.5 Å². The molecule has 0 saturated carbocycles. The Hall–Kier alpha value is -2.30. The molecule has 0 aliphatic heterocycles. The number of rotatable bonds is 5. The fraction of sp³-hybridized carbons (Fsp3) is 0.286. The molecular formula is C14H17N3O2. The molecule has 1 heterocycles. The molecular weight excluding hydrogens is 242 g/mol. The van der Waals surface area contributed by atoms with Gasteiger partial charge in [0.05, 0.1) is 12.7 Å². The molecule has 0 radical (unpaired) electrons. The lowest BCUT2D eigenvalue weighted by atomic mass is 10.1. The number of carbonyl (C=O) groups is 1. The molecule has 0 amide bonds. The molecule has 1 aromatic heterocycles. The predicted octanol–water partition coefficient (Wildman–Crippen LogP) is 2.11. The van der Waals surface area contributed by atoms with Gasteiger partial charge in [0.1, 0.15) is 11.4 Å². The second kappa shape index (κ2) is 5.56. The van der Waals surface area contributed by atoms with Crippen molar-refractivity contribution in [3.63, 3.8) is 0 Å². The van der Waals surface area contributed by atoms with E-state index in [4.69, 9.17) is 10.5 Å². The first-order valence-electron chi connectivity index (χ1n) is 6.17. The Bertz CT molecular complexity index is 590. The lowest BCUT2D eigenvalue weighted by Crippen LogP contribution is -2.13. The number of nitrogens with zero attached hydrogens (tertiary/aromatic N) is 2. The van der Waals surface area contributed by atoms with E-state index in [1.165, 1.54) is 0 Å². The Balaban J connectivity index is 2.40. The lowest BCUT2D eigenvalue weighted by molar-refractivity contribution is 0.102. The van der Waals surface area contributed by atoms with Gasteiger partial charge < -0.3 is 10.5 Å². The highest BCUT2D eigenvalue weighted by atomic mass is 16.5. The SMILES string of the molecule is CCCn1nccc1C(=O)c1cc(OC)ccc1N. The maximum atomic E-state index is 12.5. The van der Waals surface area contributed by atoms with Gasteiger partial charge in [-0.05, 0) is 30.7 Å². The number of methoxy groups -OCH3 is 1. The smallest absolute Gasteiger partial charge is 0.213 e. The van der Waals surface area contributed by atoms with Crippen LogP contribution >= 0.6 is 0 Å². The van der Waals surface area contributed by atoms with Crippen LogP contribution in [-0.4, -0.2) is 22.7 Å². The van der Waals surface area contributed by atoms with Crippen molar-refractivity contribution in [1.29, 1.82) is 0 Å². The van der Waals surface area contributed by atoms with Crippen LogP contribution in [0.5, 0.6) is 5.75 Å². The van der Waals surface area contributed by atoms with Gasteiger partial charge in [-0.3, -0.25) is 9.48 Å². The van der Waals surface area contributed by atoms with Gasteiger partial charge >= 0.3 is 0 Å². The van der Waals surface area contributed by atoms with Crippen molar-refractivity contribution in [1.82, 2.24) is 9.78 Å². The summed E-state index contributed by atoms with van der Waals surface area (Å²) >= 11 is 0. The maximum Gasteiger partial charge on any atom is 0.213 e. The number of ether oxygens (including phenoxy) is 1. The number of hydrogen-bond acceptors (Lipinski definition) is 4. The molecule has 0 spiro atoms. The molecule has 0 unspecified atom stereocenters. The first-order chi connectivity index (χ1) is 9.17. The number of benzene rings is 1. The zero-order chi connectivity index (χ0) is 13.8. The second-order valence-corrected chi connectivity index (χ2v) is 4.22. The summed E-state index contributed by atoms with van der Waals surface area (Å²) in [5, 5.41) is 4.15. The Kier molecular flexibility index (Phi) is 3.85. The van der Waals surface area contributed by atoms with Gasteiger partial charge in [-0.15, -0.1) is 0 Å². The van der Waals surface area contributed by atoms with Crippen molar-refractivity contribution < 1.29 is 9.53 Å². The van der Waals surface area contributed by atoms with Crippen molar-refractivity contribution in [2.75, 3.05) is 12.8 Å². The Morgan fingerprint density at radius 1 is 1.42 bits per heavy atom. The zero-order valence-corrected chi connectivity index (χ0v) is 11.1. The van der Waals surface area contributed by atoms with Crippen LogP contribution in [-0.2, 0) is 6.54 Å². The quantitative estimate of drug-likeness (QED) is 0.659. The van der Waals surface area contributed by atoms with E-state index < -0.39 is 0 Å². The van der Waals surface area contributed by atoms with E-state index in [-0.39, 0.29) is 5.78 Å². The van der Waals surface area contributed by atoms with Crippen molar-refractivity contribution in [3.05, 3.63) is 41.7 Å². The van der Waals surface area contributed by atoms with Crippen molar-refractivity contribution in [2.24, 2.45) is 0 Å². The largest absolute Gasteiger partial charge is 0.497 e. The standard InChI is InChI=1S/C14H17N3O2/c1-3-8-17-13(6-7-16-17)14(18)11-9-10(19-2)4-5-12(11)15/h4-7,9H,3,8,15H2,1-2H3. The van der Waals surface area contributed by atoms with Crippen LogP contribution < -0.4 is 10.5 Å². The molecule has 0 aliphatic carbocycles. The van der Waals surface area contributed by atoms with Crippen LogP contribution in [0.2, 0.25) is 0 Å². The minimum Gasteiger partial charge on any atom is -0.497 e. The lowest BCUT2D eigenvalue weighted by Gasteiger charge is -2.09. The van der Waals surface area contributed by atoms with Gasteiger partial charge in [0.2, 0.25) is 5.78 Å². The highest BCUT2D eigenvalue weighted by molar-refractivity contribution is 6.11. The molecule has 0 saturated heterocycles. The summed E-state index contributed by atoms with van der Waals surface area (Å²) in [6.07, 6.45) is 2.54. The first-order valence-corrected chi connectivity index (χ1v) is 6.17. The summed E-state index contributed by atoms with van der Waals surface area (Å²) in [7, 11) is 1.56. The molecule has 19 heavy (non-hydrogen) atoms. The molecule has 0 bridgehead atoms. The van der Waals surface area contributed by atoms with E-state index in [9.17, 15) is 4.79 Å². The average Bonchev–Trinajstić information content (AvgIpc) is 2.87. The third kappa shape index (κ3) is 2.59. The third-order valence-corrected chi connectivity index (χ3v) is 2.89. The van der Waals surface area contributed by atoms with Gasteiger partial charge in [0.25, 0.3) is 0 Å². The summed E-state index contributed by atoms with van der Waals surface area (Å²) in [5.41, 5.74) is 7.29. The molecule has 5 heteroatoms. The average molecular weight is 259 g/mol. The van der Waals surface area contributed by atoms with Crippen molar-refractivity contribution >= 4 is 11.5 Å². The van der Waals surface area contributed by atoms with E-state index in [2.05, 4.69) is 5.10 Å². The number of anilines is 1. The number of nitrogens with two attached hydrogens (primary N) is 1. The second-order valence-electron chi connectivity index (χ2n) is 4.22. The zero-order valence-electron chi connectivity index (χ0n) is 11.1. The number of aryl methyl sites for hydroxylation is 1. The number of carbonyl (C=O) groups excluding carboxylic acids is 1. The molecule has 2 rings (SSSR count). The van der Waals surface area contributed by atoms with Crippen molar-refractivity contribution in [2.45, 2.75) is 19.9 Å². The minimum absolute atomic E-state index is 0.137. The van der Waals surface area contributed by atoms with Gasteiger partial charge in [0.15, 0.2) is 0 Å². The summed E-state index contributed by atoms with van der Waals surface area (Å²) in [5.74, 6) is 0.474. The number of nitrogen functional groups attached to an aromatic ring is 1. The van der Waals surface area contributed by atoms with E-state index in [0.717, 1.165) is 6.42 Å². The summed E-state index contributed by atoms with van der Waals surface area (Å²) in [4.78, 5) is 12.5. The number of aromatic nitrogens is 2. The third-order valence-electron chi connectivity index (χ3n) is 2.89. The monoisotopic (exact) mass is 259 g/mol. The summed E-state index contributed by atoms with van der Waals surface area (Å²) in [6.45, 7) is 2.74. The van der Waals surface area contributed by atoms with Gasteiger partial charge in [-0.2, -0.15) is 5.10 Å². The van der Waals surface area contributed by atoms with E-state index in [0.29, 0.717) is 29.2 Å². The highest BCUT2D eigenvalue weighted by Crippen LogP contribution is 2.22. The van der Waals surface area contributed by atoms with Crippen LogP contribution in [0.25, 0.3) is 0 Å². The van der Waals surface area contributed by atoms with E-state index in [1.807, 2.05) is 6.92 Å². The number of ketones is 1. The minimum atomic E-state index is -0.137. The highest BCUT2D eigenvalue weighted by Gasteiger charge is 2.17. The molecule has 2 N–H and O–H groups in total. The van der Waals surface area contributed by atoms with Gasteiger partial charge in [-0.25, -0.2) is 0 Å². The molecule has 0 fully saturated rings. The Morgan fingerprint density at radius 3 is 2.89 bits per heavy atom. The molecule has 2 aromatic rings. The topological polar surface area (TPSA) is 70.1 Å². The Labute approximate surface area is 112 Å². The van der Waals surface area contributed by atoms with Crippen molar-refractivity contribution in [3.8, 4) is 5.75 Å². The summed E-state index contributed by atoms with van der Waals surface area (Å²) in [6, 6.07) is 6.76. The van der Waals surface area contributed by atoms with Crippen LogP contribution in [0.1, 0.15) is 29.4 Å². The van der Waals surface area contributed by atoms with Crippen LogP contribution in [0.4, 0.5) is 5.69 Å². The maximum absolute atomic E-state index is 12.5. The molecule has 1 aromatic carbocycles. The van der Waals surface area contributed by atoms with E-state index in [1.54, 1.807) is 42.3 Å². The Morgan fingerprint density at radius 2 is 2.21 bits per heavy atom. The molecule has 0 atom stereocenters. The molecule has 5 nitrogen and oxygen atoms in total. The predicted molar refractivity (Wildman–Crippen MR) is 73.4 cm³/mol. The fourth-order valence-electron chi connectivity index (χ4n) is 1.91. The fourth-order valence-corrected chi connectivity index (χ4v) is 1.91. The van der Waals surface area contributed by atoms with Gasteiger partial charge in [-0.1, -0.05) is 6.92 Å². The number of hydrogen-bond donors (Lipinski definition) is 1. The molecule has 0 aliphatic rings. The first kappa shape index (κ1) is 13.1. The summed E-state index contributed by atoms with van der Waals surface area (Å²) < 4.78 is 6.82. The van der Waals surface area contributed by atoms with E-state index >= 15 is 0 Å². The van der Waals surface area contributed by atoms with Crippen LogP contribution in [0, 0.1) is 0 Å². The molecule has 100 valence electrons. The van der Waals surface area contributed by atoms with Gasteiger partial charge in [0, 0.05) is 18.4 Å². The normalized spacial score (nSPS) is 10.4. The van der Waals surface area contributed by atoms with Crippen LogP contribution in [0.3, 0.4) is 0 Å².